The standard InChI is InChI=1S/C22H20F3N5O3S/c1-10(18(31)26-13-6-4-12(5-7-13)22(23,24)25)34-20-15-17(27-16(28-20)11-2-3-11)30(14-8-9-14)21(33)29-19(15)32/h4-7,10-11,14H,2-3,8-9H2,1H3,(H,26,31)(H,29,32,33)/t10-/m1/s1. The molecule has 2 N–H and O–H groups in total. The average molecular weight is 491 g/mol. The molecule has 2 heterocycles. The summed E-state index contributed by atoms with van der Waals surface area (Å²) in [6, 6.07) is 4.13. The van der Waals surface area contributed by atoms with Gasteiger partial charge in [-0.15, -0.1) is 0 Å². The van der Waals surface area contributed by atoms with E-state index in [0.29, 0.717) is 10.9 Å². The Morgan fingerprint density at radius 1 is 1.15 bits per heavy atom. The number of hydrogen-bond donors (Lipinski definition) is 2. The van der Waals surface area contributed by atoms with E-state index in [1.165, 1.54) is 16.7 Å². The van der Waals surface area contributed by atoms with Crippen molar-refractivity contribution in [2.24, 2.45) is 0 Å². The summed E-state index contributed by atoms with van der Waals surface area (Å²) in [7, 11) is 0. The number of amides is 1. The largest absolute Gasteiger partial charge is 0.416 e. The Hall–Kier alpha value is -3.15. The van der Waals surface area contributed by atoms with Crippen molar-refractivity contribution >= 4 is 34.4 Å². The van der Waals surface area contributed by atoms with Crippen molar-refractivity contribution in [2.75, 3.05) is 5.32 Å². The predicted octanol–water partition coefficient (Wildman–Crippen LogP) is 3.83. The van der Waals surface area contributed by atoms with Gasteiger partial charge in [-0.1, -0.05) is 11.8 Å². The van der Waals surface area contributed by atoms with Gasteiger partial charge in [-0.25, -0.2) is 14.8 Å². The number of carbonyl (C=O) groups is 1. The van der Waals surface area contributed by atoms with Crippen LogP contribution in [0.25, 0.3) is 11.0 Å². The van der Waals surface area contributed by atoms with E-state index in [1.54, 1.807) is 6.92 Å². The molecule has 1 amide bonds. The molecule has 1 aromatic carbocycles. The van der Waals surface area contributed by atoms with Crippen LogP contribution < -0.4 is 16.6 Å². The summed E-state index contributed by atoms with van der Waals surface area (Å²) in [5.74, 6) is 0.239. The van der Waals surface area contributed by atoms with Crippen LogP contribution in [0.5, 0.6) is 0 Å². The summed E-state index contributed by atoms with van der Waals surface area (Å²) in [5.41, 5.74) is -1.43. The van der Waals surface area contributed by atoms with Crippen LogP contribution in [0.2, 0.25) is 0 Å². The summed E-state index contributed by atoms with van der Waals surface area (Å²) in [5, 5.41) is 2.33. The molecule has 2 aliphatic carbocycles. The molecule has 2 fully saturated rings. The molecular weight excluding hydrogens is 471 g/mol. The number of aromatic amines is 1. The molecule has 3 aromatic rings. The van der Waals surface area contributed by atoms with Crippen molar-refractivity contribution < 1.29 is 18.0 Å². The van der Waals surface area contributed by atoms with Gasteiger partial charge in [-0.3, -0.25) is 19.1 Å². The molecule has 0 spiro atoms. The first-order valence-electron chi connectivity index (χ1n) is 10.8. The molecule has 0 radical (unpaired) electrons. The van der Waals surface area contributed by atoms with E-state index in [9.17, 15) is 27.6 Å². The number of halogens is 3. The number of rotatable bonds is 6. The van der Waals surface area contributed by atoms with E-state index in [-0.39, 0.29) is 28.7 Å². The molecule has 0 bridgehead atoms. The van der Waals surface area contributed by atoms with Crippen LogP contribution in [0.4, 0.5) is 18.9 Å². The Morgan fingerprint density at radius 3 is 2.41 bits per heavy atom. The lowest BCUT2D eigenvalue weighted by atomic mass is 10.2. The molecular formula is C22H20F3N5O3S. The van der Waals surface area contributed by atoms with Gasteiger partial charge in [0.15, 0.2) is 5.65 Å². The maximum absolute atomic E-state index is 12.8. The second kappa shape index (κ2) is 8.26. The van der Waals surface area contributed by atoms with Gasteiger partial charge >= 0.3 is 11.9 Å². The first kappa shape index (κ1) is 22.6. The van der Waals surface area contributed by atoms with E-state index in [4.69, 9.17) is 0 Å². The lowest BCUT2D eigenvalue weighted by Gasteiger charge is -2.15. The zero-order valence-corrected chi connectivity index (χ0v) is 18.8. The van der Waals surface area contributed by atoms with E-state index >= 15 is 0 Å². The van der Waals surface area contributed by atoms with Crippen LogP contribution >= 0.6 is 11.8 Å². The highest BCUT2D eigenvalue weighted by Gasteiger charge is 2.33. The van der Waals surface area contributed by atoms with Gasteiger partial charge in [-0.2, -0.15) is 13.2 Å². The van der Waals surface area contributed by atoms with Gasteiger partial charge in [0.25, 0.3) is 5.56 Å². The molecule has 0 aliphatic heterocycles. The molecule has 2 aliphatic rings. The third-order valence-corrected chi connectivity index (χ3v) is 6.85. The first-order valence-corrected chi connectivity index (χ1v) is 11.7. The highest BCUT2D eigenvalue weighted by molar-refractivity contribution is 8.00. The maximum atomic E-state index is 12.8. The Kier molecular flexibility index (Phi) is 5.50. The smallest absolute Gasteiger partial charge is 0.325 e. The topological polar surface area (TPSA) is 110 Å². The molecule has 12 heteroatoms. The van der Waals surface area contributed by atoms with Crippen molar-refractivity contribution in [3.8, 4) is 0 Å². The lowest BCUT2D eigenvalue weighted by molar-refractivity contribution is -0.137. The van der Waals surface area contributed by atoms with E-state index in [2.05, 4.69) is 20.3 Å². The molecule has 178 valence electrons. The minimum absolute atomic E-state index is 0.0213. The summed E-state index contributed by atoms with van der Waals surface area (Å²) in [6.45, 7) is 1.61. The second-order valence-electron chi connectivity index (χ2n) is 8.54. The second-order valence-corrected chi connectivity index (χ2v) is 9.87. The molecule has 5 rings (SSSR count). The maximum Gasteiger partial charge on any atom is 0.416 e. The van der Waals surface area contributed by atoms with Crippen LogP contribution in [0.3, 0.4) is 0 Å². The van der Waals surface area contributed by atoms with E-state index in [0.717, 1.165) is 49.6 Å². The van der Waals surface area contributed by atoms with Crippen LogP contribution in [0.15, 0.2) is 38.9 Å². The fraction of sp³-hybridized carbons (Fsp3) is 0.409. The highest BCUT2D eigenvalue weighted by atomic mass is 32.2. The van der Waals surface area contributed by atoms with Crippen LogP contribution in [-0.4, -0.2) is 30.7 Å². The average Bonchev–Trinajstić information content (AvgIpc) is 3.67. The Morgan fingerprint density at radius 2 is 1.82 bits per heavy atom. The predicted molar refractivity (Wildman–Crippen MR) is 120 cm³/mol. The van der Waals surface area contributed by atoms with Gasteiger partial charge in [0.05, 0.1) is 10.8 Å². The molecule has 2 saturated carbocycles. The lowest BCUT2D eigenvalue weighted by Crippen LogP contribution is -2.31. The Balaban J connectivity index is 1.45. The first-order chi connectivity index (χ1) is 16.1. The van der Waals surface area contributed by atoms with Crippen molar-refractivity contribution in [1.29, 1.82) is 0 Å². The minimum Gasteiger partial charge on any atom is -0.325 e. The number of H-pyrrole nitrogens is 1. The minimum atomic E-state index is -4.46. The molecule has 0 saturated heterocycles. The van der Waals surface area contributed by atoms with Crippen LogP contribution in [0.1, 0.15) is 56.0 Å². The van der Waals surface area contributed by atoms with Crippen LogP contribution in [0, 0.1) is 0 Å². The molecule has 34 heavy (non-hydrogen) atoms. The molecule has 0 unspecified atom stereocenters. The molecule has 8 nitrogen and oxygen atoms in total. The number of anilines is 1. The van der Waals surface area contributed by atoms with Crippen molar-refractivity contribution in [2.45, 2.75) is 61.0 Å². The number of nitrogens with zero attached hydrogens (tertiary/aromatic N) is 3. The van der Waals surface area contributed by atoms with E-state index in [1.807, 2.05) is 0 Å². The zero-order chi connectivity index (χ0) is 24.2. The number of nitrogens with one attached hydrogen (secondary N) is 2. The van der Waals surface area contributed by atoms with Crippen molar-refractivity contribution in [1.82, 2.24) is 19.5 Å². The monoisotopic (exact) mass is 491 g/mol. The Bertz CT molecular complexity index is 1390. The summed E-state index contributed by atoms with van der Waals surface area (Å²) >= 11 is 1.05. The fourth-order valence-electron chi connectivity index (χ4n) is 3.62. The number of benzene rings is 1. The summed E-state index contributed by atoms with van der Waals surface area (Å²) in [4.78, 5) is 49.4. The van der Waals surface area contributed by atoms with Crippen LogP contribution in [-0.2, 0) is 11.0 Å². The number of aromatic nitrogens is 4. The number of alkyl halides is 3. The number of hydrogen-bond acceptors (Lipinski definition) is 6. The van der Waals surface area contributed by atoms with Gasteiger partial charge < -0.3 is 5.32 Å². The van der Waals surface area contributed by atoms with Crippen molar-refractivity contribution in [3.63, 3.8) is 0 Å². The third-order valence-electron chi connectivity index (χ3n) is 5.76. The number of fused-ring (bicyclic) bond motifs is 1. The quantitative estimate of drug-likeness (QED) is 0.401. The van der Waals surface area contributed by atoms with Crippen molar-refractivity contribution in [3.05, 3.63) is 56.5 Å². The fourth-order valence-corrected chi connectivity index (χ4v) is 4.57. The highest BCUT2D eigenvalue weighted by Crippen LogP contribution is 2.41. The zero-order valence-electron chi connectivity index (χ0n) is 18.0. The molecule has 1 atom stereocenters. The Labute approximate surface area is 195 Å². The van der Waals surface area contributed by atoms with Gasteiger partial charge in [0, 0.05) is 17.6 Å². The summed E-state index contributed by atoms with van der Waals surface area (Å²) < 4.78 is 39.8. The van der Waals surface area contributed by atoms with Gasteiger partial charge in [-0.05, 0) is 56.9 Å². The van der Waals surface area contributed by atoms with Gasteiger partial charge in [0.1, 0.15) is 16.2 Å². The third kappa shape index (κ3) is 4.46. The van der Waals surface area contributed by atoms with E-state index < -0.39 is 34.1 Å². The van der Waals surface area contributed by atoms with Gasteiger partial charge in [0.2, 0.25) is 5.91 Å². The number of carbonyl (C=O) groups excluding carboxylic acids is 1. The molecule has 2 aromatic heterocycles. The normalized spacial score (nSPS) is 17.1. The SMILES string of the molecule is C[C@@H](Sc1nc(C2CC2)nc2c1c(=O)[nH]c(=O)n2C1CC1)C(=O)Nc1ccc(C(F)(F)F)cc1. The number of thioether (sulfide) groups is 1. The summed E-state index contributed by atoms with van der Waals surface area (Å²) in [6.07, 6.45) is -1.00.